The van der Waals surface area contributed by atoms with Crippen LogP contribution < -0.4 is 5.01 Å². The number of aromatic nitrogens is 6. The van der Waals surface area contributed by atoms with Gasteiger partial charge in [-0.1, -0.05) is 0 Å². The molecule has 0 atom stereocenters. The predicted octanol–water partition coefficient (Wildman–Crippen LogP) is 0.227. The standard InChI is InChI=1S/C12H10N8O/c1-19-4-7(3-17-19)8-2-9(21)20(18-8)12-10-11(14-5-13-10)15-6-16-12/h3-6H,2H2,1H3,(H,13,14,15,16). The van der Waals surface area contributed by atoms with E-state index in [1.165, 1.54) is 17.7 Å². The van der Waals surface area contributed by atoms with Gasteiger partial charge in [0, 0.05) is 18.8 Å². The highest BCUT2D eigenvalue weighted by Crippen LogP contribution is 2.25. The van der Waals surface area contributed by atoms with Crippen molar-refractivity contribution in [2.75, 3.05) is 5.01 Å². The van der Waals surface area contributed by atoms with Crippen LogP contribution >= 0.6 is 0 Å². The first-order valence-corrected chi connectivity index (χ1v) is 6.26. The number of fused-ring (bicyclic) bond motifs is 1. The van der Waals surface area contributed by atoms with Gasteiger partial charge in [0.1, 0.15) is 11.8 Å². The maximum absolute atomic E-state index is 12.2. The first-order valence-electron chi connectivity index (χ1n) is 6.26. The van der Waals surface area contributed by atoms with E-state index in [0.29, 0.717) is 22.7 Å². The molecule has 0 aromatic carbocycles. The largest absolute Gasteiger partial charge is 0.340 e. The molecule has 0 bridgehead atoms. The fraction of sp³-hybridized carbons (Fsp3) is 0.167. The van der Waals surface area contributed by atoms with Gasteiger partial charge in [-0.25, -0.2) is 15.0 Å². The van der Waals surface area contributed by atoms with Gasteiger partial charge in [0.2, 0.25) is 0 Å². The molecule has 9 heteroatoms. The van der Waals surface area contributed by atoms with Gasteiger partial charge in [-0.3, -0.25) is 9.48 Å². The molecule has 4 rings (SSSR count). The number of amides is 1. The normalized spacial score (nSPS) is 15.0. The topological polar surface area (TPSA) is 105 Å². The zero-order valence-corrected chi connectivity index (χ0v) is 11.1. The molecule has 0 saturated carbocycles. The molecular weight excluding hydrogens is 272 g/mol. The highest BCUT2D eigenvalue weighted by Gasteiger charge is 2.29. The van der Waals surface area contributed by atoms with Gasteiger partial charge in [-0.2, -0.15) is 15.2 Å². The summed E-state index contributed by atoms with van der Waals surface area (Å²) in [6, 6.07) is 0. The molecule has 0 fully saturated rings. The summed E-state index contributed by atoms with van der Waals surface area (Å²) >= 11 is 0. The highest BCUT2D eigenvalue weighted by atomic mass is 16.2. The lowest BCUT2D eigenvalue weighted by atomic mass is 10.2. The number of H-pyrrole nitrogens is 1. The maximum Gasteiger partial charge on any atom is 0.255 e. The number of nitrogens with zero attached hydrogens (tertiary/aromatic N) is 7. The lowest BCUT2D eigenvalue weighted by Gasteiger charge is -2.09. The van der Waals surface area contributed by atoms with E-state index in [9.17, 15) is 4.79 Å². The molecule has 3 aromatic heterocycles. The van der Waals surface area contributed by atoms with Crippen LogP contribution in [-0.2, 0) is 11.8 Å². The van der Waals surface area contributed by atoms with Crippen LogP contribution in [0.15, 0.2) is 30.1 Å². The molecule has 1 aliphatic rings. The minimum absolute atomic E-state index is 0.150. The summed E-state index contributed by atoms with van der Waals surface area (Å²) in [5, 5.41) is 9.73. The molecule has 9 nitrogen and oxygen atoms in total. The minimum atomic E-state index is -0.150. The number of carbonyl (C=O) groups is 1. The zero-order valence-electron chi connectivity index (χ0n) is 11.1. The Kier molecular flexibility index (Phi) is 2.34. The molecule has 1 aliphatic heterocycles. The van der Waals surface area contributed by atoms with Crippen molar-refractivity contribution in [2.45, 2.75) is 6.42 Å². The smallest absolute Gasteiger partial charge is 0.255 e. The molecule has 0 saturated heterocycles. The van der Waals surface area contributed by atoms with Crippen molar-refractivity contribution in [3.63, 3.8) is 0 Å². The molecule has 0 unspecified atom stereocenters. The number of aryl methyl sites for hydroxylation is 1. The number of aromatic amines is 1. The molecule has 0 aliphatic carbocycles. The quantitative estimate of drug-likeness (QED) is 0.724. The first-order chi connectivity index (χ1) is 10.2. The van der Waals surface area contributed by atoms with Crippen LogP contribution in [0, 0.1) is 0 Å². The highest BCUT2D eigenvalue weighted by molar-refractivity contribution is 6.19. The monoisotopic (exact) mass is 282 g/mol. The molecule has 1 amide bonds. The molecule has 4 heterocycles. The van der Waals surface area contributed by atoms with Gasteiger partial charge < -0.3 is 4.98 Å². The number of imidazole rings is 1. The van der Waals surface area contributed by atoms with E-state index in [4.69, 9.17) is 0 Å². The summed E-state index contributed by atoms with van der Waals surface area (Å²) in [6.07, 6.45) is 6.59. The number of hydrazone groups is 1. The fourth-order valence-electron chi connectivity index (χ4n) is 2.24. The Hall–Kier alpha value is -3.10. The van der Waals surface area contributed by atoms with Crippen molar-refractivity contribution in [3.05, 3.63) is 30.6 Å². The molecule has 3 aromatic rings. The molecule has 104 valence electrons. The number of carbonyl (C=O) groups excluding carboxylic acids is 1. The Bertz CT molecular complexity index is 876. The van der Waals surface area contributed by atoms with E-state index < -0.39 is 0 Å². The van der Waals surface area contributed by atoms with Crippen molar-refractivity contribution in [1.82, 2.24) is 29.7 Å². The molecule has 21 heavy (non-hydrogen) atoms. The summed E-state index contributed by atoms with van der Waals surface area (Å²) in [7, 11) is 1.82. The number of hydrogen-bond donors (Lipinski definition) is 1. The van der Waals surface area contributed by atoms with E-state index in [1.807, 2.05) is 13.2 Å². The molecular formula is C12H10N8O. The lowest BCUT2D eigenvalue weighted by molar-refractivity contribution is -0.116. The molecule has 1 N–H and O–H groups in total. The predicted molar refractivity (Wildman–Crippen MR) is 73.5 cm³/mol. The summed E-state index contributed by atoms with van der Waals surface area (Å²) in [6.45, 7) is 0. The fourth-order valence-corrected chi connectivity index (χ4v) is 2.24. The van der Waals surface area contributed by atoms with Gasteiger partial charge in [0.25, 0.3) is 5.91 Å². The van der Waals surface area contributed by atoms with Crippen LogP contribution in [0.25, 0.3) is 11.2 Å². The Labute approximate surface area is 118 Å². The van der Waals surface area contributed by atoms with Crippen LogP contribution in [-0.4, -0.2) is 41.3 Å². The van der Waals surface area contributed by atoms with Crippen LogP contribution in [0.5, 0.6) is 0 Å². The maximum atomic E-state index is 12.2. The third kappa shape index (κ3) is 1.78. The summed E-state index contributed by atoms with van der Waals surface area (Å²) in [5.74, 6) is 0.254. The van der Waals surface area contributed by atoms with Crippen LogP contribution in [0.4, 0.5) is 5.82 Å². The van der Waals surface area contributed by atoms with Gasteiger partial charge in [-0.05, 0) is 0 Å². The first kappa shape index (κ1) is 11.7. The van der Waals surface area contributed by atoms with Crippen molar-refractivity contribution < 1.29 is 4.79 Å². The second-order valence-corrected chi connectivity index (χ2v) is 4.63. The van der Waals surface area contributed by atoms with E-state index in [2.05, 4.69) is 30.1 Å². The zero-order chi connectivity index (χ0) is 14.4. The third-order valence-corrected chi connectivity index (χ3v) is 3.22. The average Bonchev–Trinajstić information content (AvgIpc) is 3.17. The van der Waals surface area contributed by atoms with E-state index >= 15 is 0 Å². The Morgan fingerprint density at radius 1 is 1.29 bits per heavy atom. The van der Waals surface area contributed by atoms with Crippen LogP contribution in [0.3, 0.4) is 0 Å². The van der Waals surface area contributed by atoms with Gasteiger partial charge >= 0.3 is 0 Å². The number of rotatable bonds is 2. The van der Waals surface area contributed by atoms with Gasteiger partial charge in [0.15, 0.2) is 11.5 Å². The summed E-state index contributed by atoms with van der Waals surface area (Å²) in [5.41, 5.74) is 2.57. The Balaban J connectivity index is 1.80. The van der Waals surface area contributed by atoms with E-state index in [0.717, 1.165) is 5.56 Å². The van der Waals surface area contributed by atoms with E-state index in [-0.39, 0.29) is 12.3 Å². The SMILES string of the molecule is Cn1cc(C2=NN(c3ncnc4nc[nH]c34)C(=O)C2)cn1. The Morgan fingerprint density at radius 3 is 3.00 bits per heavy atom. The van der Waals surface area contributed by atoms with Gasteiger partial charge in [-0.15, -0.1) is 0 Å². The van der Waals surface area contributed by atoms with E-state index in [1.54, 1.807) is 10.9 Å². The second-order valence-electron chi connectivity index (χ2n) is 4.63. The number of nitrogens with one attached hydrogen (secondary N) is 1. The summed E-state index contributed by atoms with van der Waals surface area (Å²) in [4.78, 5) is 27.4. The van der Waals surface area contributed by atoms with Gasteiger partial charge in [0.05, 0.1) is 24.7 Å². The van der Waals surface area contributed by atoms with Crippen molar-refractivity contribution in [2.24, 2.45) is 12.1 Å². The van der Waals surface area contributed by atoms with Crippen LogP contribution in [0.2, 0.25) is 0 Å². The second kappa shape index (κ2) is 4.20. The molecule has 0 radical (unpaired) electrons. The minimum Gasteiger partial charge on any atom is -0.340 e. The lowest BCUT2D eigenvalue weighted by Crippen LogP contribution is -2.21. The number of anilines is 1. The molecule has 0 spiro atoms. The summed E-state index contributed by atoms with van der Waals surface area (Å²) < 4.78 is 1.67. The van der Waals surface area contributed by atoms with Crippen molar-refractivity contribution >= 4 is 28.6 Å². The van der Waals surface area contributed by atoms with Crippen molar-refractivity contribution in [1.29, 1.82) is 0 Å². The van der Waals surface area contributed by atoms with Crippen LogP contribution in [0.1, 0.15) is 12.0 Å². The average molecular weight is 282 g/mol. The Morgan fingerprint density at radius 2 is 2.19 bits per heavy atom. The third-order valence-electron chi connectivity index (χ3n) is 3.22. The number of hydrogen-bond acceptors (Lipinski definition) is 6. The van der Waals surface area contributed by atoms with Crippen molar-refractivity contribution in [3.8, 4) is 0 Å².